The van der Waals surface area contributed by atoms with Gasteiger partial charge in [0, 0.05) is 24.0 Å². The van der Waals surface area contributed by atoms with Crippen LogP contribution in [0.5, 0.6) is 0 Å². The number of aromatic amines is 1. The van der Waals surface area contributed by atoms with Gasteiger partial charge in [-0.3, -0.25) is 9.97 Å². The monoisotopic (exact) mass is 284 g/mol. The highest BCUT2D eigenvalue weighted by molar-refractivity contribution is 7.07. The van der Waals surface area contributed by atoms with Gasteiger partial charge in [-0.15, -0.1) is 11.3 Å². The predicted molar refractivity (Wildman–Crippen MR) is 78.9 cm³/mol. The van der Waals surface area contributed by atoms with Gasteiger partial charge in [-0.2, -0.15) is 25.3 Å². The van der Waals surface area contributed by atoms with Crippen molar-refractivity contribution in [1.29, 1.82) is 0 Å². The molecule has 8 heteroatoms. The minimum absolute atomic E-state index is 0. The third-order valence-corrected chi connectivity index (χ3v) is 1.77. The van der Waals surface area contributed by atoms with Gasteiger partial charge in [0.1, 0.15) is 0 Å². The van der Waals surface area contributed by atoms with Crippen molar-refractivity contribution in [2.45, 2.75) is 0 Å². The lowest BCUT2D eigenvalue weighted by atomic mass is 10.5. The molecule has 0 bridgehead atoms. The topological polar surface area (TPSA) is 102 Å². The average molecular weight is 284 g/mol. The zero-order chi connectivity index (χ0) is 11.3. The Morgan fingerprint density at radius 1 is 0.778 bits per heavy atom. The van der Waals surface area contributed by atoms with Crippen LogP contribution >= 0.6 is 21.2 Å². The molecular weight excluding hydrogens is 267 g/mol. The summed E-state index contributed by atoms with van der Waals surface area (Å²) in [4.78, 5) is 7.53. The molecule has 0 radical (unpaired) electrons. The maximum Gasteiger partial charge on any atom is 0.0791 e. The average Bonchev–Trinajstić information content (AvgIpc) is 3.10. The van der Waals surface area contributed by atoms with E-state index in [0.717, 1.165) is 0 Å². The van der Waals surface area contributed by atoms with Gasteiger partial charge in [0.05, 0.1) is 17.9 Å². The Morgan fingerprint density at radius 2 is 1.44 bits per heavy atom. The van der Waals surface area contributed by atoms with E-state index in [1.165, 1.54) is 0 Å². The largest absolute Gasteiger partial charge is 0.344 e. The molecule has 1 atom stereocenters. The normalized spacial score (nSPS) is 7.11. The Bertz CT molecular complexity index is 318. The summed E-state index contributed by atoms with van der Waals surface area (Å²) in [5.74, 6) is 0. The van der Waals surface area contributed by atoms with Gasteiger partial charge >= 0.3 is 0 Å². The molecule has 6 nitrogen and oxygen atoms in total. The fourth-order valence-electron chi connectivity index (χ4n) is 0.655. The number of thiazole rings is 1. The second kappa shape index (κ2) is 15.3. The lowest BCUT2D eigenvalue weighted by Crippen LogP contribution is -1.61. The van der Waals surface area contributed by atoms with Crippen LogP contribution < -0.4 is 6.15 Å². The summed E-state index contributed by atoms with van der Waals surface area (Å²) >= 11 is 1.60. The molecule has 3 aromatic rings. The molecule has 0 saturated carbocycles. The zero-order valence-corrected chi connectivity index (χ0v) is 12.1. The molecule has 3 aromatic heterocycles. The molecule has 0 spiro atoms. The SMILES string of the molecule is N.P.c1ccncc1.c1cn[nH]n1.c1cscn1. The number of H-pyrrole nitrogens is 1. The molecule has 4 N–H and O–H groups in total. The number of aromatic nitrogens is 5. The van der Waals surface area contributed by atoms with E-state index in [2.05, 4.69) is 25.4 Å². The molecule has 0 aliphatic carbocycles. The van der Waals surface area contributed by atoms with Crippen molar-refractivity contribution < 1.29 is 0 Å². The fourth-order valence-corrected chi connectivity index (χ4v) is 1.01. The zero-order valence-electron chi connectivity index (χ0n) is 9.88. The molecule has 3 heterocycles. The van der Waals surface area contributed by atoms with Gasteiger partial charge in [-0.05, 0) is 12.1 Å². The van der Waals surface area contributed by atoms with E-state index in [1.54, 1.807) is 47.8 Å². The molecule has 0 aliphatic heterocycles. The third-order valence-electron chi connectivity index (χ3n) is 1.24. The van der Waals surface area contributed by atoms with Crippen LogP contribution in [0.2, 0.25) is 0 Å². The van der Waals surface area contributed by atoms with Crippen LogP contribution in [0.15, 0.2) is 60.1 Å². The predicted octanol–water partition coefficient (Wildman–Crippen LogP) is 2.25. The van der Waals surface area contributed by atoms with Crippen molar-refractivity contribution in [3.63, 3.8) is 0 Å². The molecule has 0 aliphatic rings. The van der Waals surface area contributed by atoms with Crippen LogP contribution in [0.1, 0.15) is 0 Å². The van der Waals surface area contributed by atoms with Crippen molar-refractivity contribution in [2.24, 2.45) is 0 Å². The summed E-state index contributed by atoms with van der Waals surface area (Å²) in [6, 6.07) is 5.72. The summed E-state index contributed by atoms with van der Waals surface area (Å²) in [7, 11) is 0. The second-order valence-corrected chi connectivity index (χ2v) is 3.11. The van der Waals surface area contributed by atoms with E-state index in [-0.39, 0.29) is 16.0 Å². The standard InChI is InChI=1S/C5H5N.C3H3NS.C2H3N3.H3N.H3P/c1-2-4-6-5-3-1;1-2-5-3-4-1;1-2-4-5-3-1;;/h1-5H;1-3H;1-2H,(H,3,4,5);2*1H3. The quantitative estimate of drug-likeness (QED) is 0.616. The highest BCUT2D eigenvalue weighted by atomic mass is 32.1. The van der Waals surface area contributed by atoms with Crippen LogP contribution in [0.25, 0.3) is 0 Å². The third kappa shape index (κ3) is 12.4. The van der Waals surface area contributed by atoms with Crippen molar-refractivity contribution in [1.82, 2.24) is 31.5 Å². The van der Waals surface area contributed by atoms with Crippen LogP contribution in [-0.4, -0.2) is 25.4 Å². The number of rotatable bonds is 0. The van der Waals surface area contributed by atoms with E-state index in [0.29, 0.717) is 0 Å². The van der Waals surface area contributed by atoms with Crippen LogP contribution in [-0.2, 0) is 0 Å². The lowest BCUT2D eigenvalue weighted by Gasteiger charge is -1.70. The van der Waals surface area contributed by atoms with Gasteiger partial charge in [0.2, 0.25) is 0 Å². The molecule has 0 saturated heterocycles. The maximum absolute atomic E-state index is 3.78. The van der Waals surface area contributed by atoms with Crippen molar-refractivity contribution in [3.05, 3.63) is 60.1 Å². The summed E-state index contributed by atoms with van der Waals surface area (Å²) < 4.78 is 0. The van der Waals surface area contributed by atoms with Crippen molar-refractivity contribution in [3.8, 4) is 0 Å². The van der Waals surface area contributed by atoms with Gasteiger partial charge < -0.3 is 6.15 Å². The first-order valence-corrected chi connectivity index (χ1v) is 5.41. The van der Waals surface area contributed by atoms with Gasteiger partial charge in [0.25, 0.3) is 0 Å². The number of hydrogen-bond donors (Lipinski definition) is 2. The van der Waals surface area contributed by atoms with Crippen molar-refractivity contribution >= 4 is 21.2 Å². The summed E-state index contributed by atoms with van der Waals surface area (Å²) in [6.07, 6.45) is 8.44. The molecule has 0 fully saturated rings. The number of hydrogen-bond acceptors (Lipinski definition) is 6. The Labute approximate surface area is 113 Å². The number of nitrogens with one attached hydrogen (secondary N) is 1. The van der Waals surface area contributed by atoms with Gasteiger partial charge in [-0.1, -0.05) is 6.07 Å². The maximum atomic E-state index is 3.78. The second-order valence-electron chi connectivity index (χ2n) is 2.36. The first-order valence-electron chi connectivity index (χ1n) is 4.47. The smallest absolute Gasteiger partial charge is 0.0791 e. The molecule has 3 rings (SSSR count). The first-order chi connectivity index (χ1) is 8.00. The minimum atomic E-state index is 0. The summed E-state index contributed by atoms with van der Waals surface area (Å²) in [6.45, 7) is 0. The highest BCUT2D eigenvalue weighted by Gasteiger charge is 1.59. The van der Waals surface area contributed by atoms with E-state index in [9.17, 15) is 0 Å². The molecule has 0 amide bonds. The van der Waals surface area contributed by atoms with E-state index >= 15 is 0 Å². The van der Waals surface area contributed by atoms with E-state index < -0.39 is 0 Å². The highest BCUT2D eigenvalue weighted by Crippen LogP contribution is 1.85. The lowest BCUT2D eigenvalue weighted by molar-refractivity contribution is 0.940. The number of pyridine rings is 1. The summed E-state index contributed by atoms with van der Waals surface area (Å²) in [5.41, 5.74) is 1.79. The van der Waals surface area contributed by atoms with E-state index in [1.807, 2.05) is 23.6 Å². The molecule has 0 aromatic carbocycles. The Balaban J connectivity index is 0. The Morgan fingerprint density at radius 3 is 1.61 bits per heavy atom. The number of nitrogens with zero attached hydrogens (tertiary/aromatic N) is 4. The molecule has 18 heavy (non-hydrogen) atoms. The van der Waals surface area contributed by atoms with Crippen LogP contribution in [0, 0.1) is 0 Å². The fraction of sp³-hybridized carbons (Fsp3) is 0. The van der Waals surface area contributed by atoms with Gasteiger partial charge in [0.15, 0.2) is 0 Å². The first kappa shape index (κ1) is 18.7. The Hall–Kier alpha value is -1.69. The molecule has 1 unspecified atom stereocenters. The summed E-state index contributed by atoms with van der Waals surface area (Å²) in [5, 5.41) is 11.3. The molecular formula is C10H17N6PS. The van der Waals surface area contributed by atoms with Crippen LogP contribution in [0.3, 0.4) is 0 Å². The van der Waals surface area contributed by atoms with Gasteiger partial charge in [-0.25, -0.2) is 0 Å². The van der Waals surface area contributed by atoms with E-state index in [4.69, 9.17) is 0 Å². The van der Waals surface area contributed by atoms with Crippen LogP contribution in [0.4, 0.5) is 0 Å². The Kier molecular flexibility index (Phi) is 15.9. The minimum Gasteiger partial charge on any atom is -0.344 e. The van der Waals surface area contributed by atoms with Crippen molar-refractivity contribution in [2.75, 3.05) is 0 Å². The molecule has 98 valence electrons.